The molecule has 2 heterocycles. The van der Waals surface area contributed by atoms with Gasteiger partial charge in [0.15, 0.2) is 0 Å². The maximum Gasteiger partial charge on any atom is 0.238 e. The lowest BCUT2D eigenvalue weighted by Gasteiger charge is -2.29. The molecule has 0 spiro atoms. The van der Waals surface area contributed by atoms with E-state index >= 15 is 0 Å². The van der Waals surface area contributed by atoms with E-state index < -0.39 is 0 Å². The van der Waals surface area contributed by atoms with E-state index in [1.807, 2.05) is 64.9 Å². The molecule has 1 aliphatic rings. The van der Waals surface area contributed by atoms with Crippen LogP contribution < -0.4 is 10.2 Å². The van der Waals surface area contributed by atoms with Crippen LogP contribution in [-0.4, -0.2) is 17.6 Å². The van der Waals surface area contributed by atoms with Crippen molar-refractivity contribution >= 4 is 46.3 Å². The number of hydrogen-bond donors (Lipinski definition) is 1. The smallest absolute Gasteiger partial charge is 0.238 e. The molecule has 2 aromatic carbocycles. The van der Waals surface area contributed by atoms with Crippen LogP contribution in [0.5, 0.6) is 0 Å². The van der Waals surface area contributed by atoms with Gasteiger partial charge in [0, 0.05) is 21.8 Å². The molecule has 30 heavy (non-hydrogen) atoms. The number of para-hydroxylation sites is 2. The number of nitrogens with zero attached hydrogens (tertiary/aromatic N) is 1. The third-order valence-corrected chi connectivity index (χ3v) is 7.17. The van der Waals surface area contributed by atoms with Crippen molar-refractivity contribution in [3.05, 3.63) is 82.0 Å². The molecule has 4 rings (SSSR count). The van der Waals surface area contributed by atoms with E-state index in [-0.39, 0.29) is 17.2 Å². The van der Waals surface area contributed by atoms with Gasteiger partial charge < -0.3 is 5.32 Å². The fraction of sp³-hybridized carbons (Fsp3) is 0.250. The van der Waals surface area contributed by atoms with E-state index in [0.717, 1.165) is 27.4 Å². The van der Waals surface area contributed by atoms with Gasteiger partial charge in [0.25, 0.3) is 0 Å². The van der Waals surface area contributed by atoms with Crippen LogP contribution in [0.4, 0.5) is 11.4 Å². The second-order valence-corrected chi connectivity index (χ2v) is 9.63. The quantitative estimate of drug-likeness (QED) is 0.529. The zero-order chi connectivity index (χ0) is 21.1. The highest BCUT2D eigenvalue weighted by Crippen LogP contribution is 2.46. The van der Waals surface area contributed by atoms with Crippen molar-refractivity contribution in [2.45, 2.75) is 31.6 Å². The number of thiophene rings is 1. The maximum atomic E-state index is 12.9. The standard InChI is InChI=1S/C24H24N2O2S2/c1-16(2)18-9-4-6-12-21(18)26-23(28)15-30-24(26)19-10-3-5-11-20(19)25-22(27)14-17-8-7-13-29-17/h3-13,16,24H,14-15H2,1-2H3,(H,25,27). The lowest BCUT2D eigenvalue weighted by atomic mass is 10.00. The van der Waals surface area contributed by atoms with E-state index in [4.69, 9.17) is 0 Å². The first-order valence-corrected chi connectivity index (χ1v) is 11.9. The van der Waals surface area contributed by atoms with Gasteiger partial charge in [0.2, 0.25) is 11.8 Å². The van der Waals surface area contributed by atoms with Crippen LogP contribution in [0.2, 0.25) is 0 Å². The van der Waals surface area contributed by atoms with Crippen LogP contribution in [0.1, 0.15) is 41.1 Å². The number of benzene rings is 2. The Labute approximate surface area is 185 Å². The Kier molecular flexibility index (Phi) is 6.25. The van der Waals surface area contributed by atoms with Gasteiger partial charge in [-0.05, 0) is 35.1 Å². The van der Waals surface area contributed by atoms with Crippen LogP contribution in [-0.2, 0) is 16.0 Å². The number of carbonyl (C=O) groups excluding carboxylic acids is 2. The van der Waals surface area contributed by atoms with Crippen molar-refractivity contribution in [3.63, 3.8) is 0 Å². The minimum atomic E-state index is -0.171. The molecule has 3 aromatic rings. The first-order chi connectivity index (χ1) is 14.5. The fourth-order valence-electron chi connectivity index (χ4n) is 3.70. The summed E-state index contributed by atoms with van der Waals surface area (Å²) in [5.74, 6) is 0.779. The average molecular weight is 437 g/mol. The van der Waals surface area contributed by atoms with Crippen LogP contribution in [0, 0.1) is 0 Å². The van der Waals surface area contributed by atoms with Gasteiger partial charge in [0.1, 0.15) is 5.37 Å². The molecule has 1 saturated heterocycles. The van der Waals surface area contributed by atoms with Crippen molar-refractivity contribution < 1.29 is 9.59 Å². The summed E-state index contributed by atoms with van der Waals surface area (Å²) in [5, 5.41) is 4.87. The van der Waals surface area contributed by atoms with E-state index in [0.29, 0.717) is 18.1 Å². The fourth-order valence-corrected chi connectivity index (χ4v) is 5.61. The molecule has 1 atom stereocenters. The molecule has 1 aliphatic heterocycles. The second-order valence-electron chi connectivity index (χ2n) is 7.53. The molecule has 0 bridgehead atoms. The molecule has 1 N–H and O–H groups in total. The summed E-state index contributed by atoms with van der Waals surface area (Å²) in [5.41, 5.74) is 3.81. The molecule has 1 fully saturated rings. The Bertz CT molecular complexity index is 1050. The van der Waals surface area contributed by atoms with E-state index in [2.05, 4.69) is 25.2 Å². The molecule has 154 valence electrons. The molecule has 2 amide bonds. The molecular weight excluding hydrogens is 412 g/mol. The van der Waals surface area contributed by atoms with Gasteiger partial charge in [-0.2, -0.15) is 0 Å². The molecule has 6 heteroatoms. The summed E-state index contributed by atoms with van der Waals surface area (Å²) in [6.07, 6.45) is 0.350. The summed E-state index contributed by atoms with van der Waals surface area (Å²) >= 11 is 3.18. The Hall–Kier alpha value is -2.57. The molecule has 0 radical (unpaired) electrons. The predicted molar refractivity (Wildman–Crippen MR) is 126 cm³/mol. The second kappa shape index (κ2) is 9.06. The lowest BCUT2D eigenvalue weighted by Crippen LogP contribution is -2.29. The zero-order valence-electron chi connectivity index (χ0n) is 17.0. The lowest BCUT2D eigenvalue weighted by molar-refractivity contribution is -0.116. The maximum absolute atomic E-state index is 12.9. The molecular formula is C24H24N2O2S2. The first-order valence-electron chi connectivity index (χ1n) is 9.98. The van der Waals surface area contributed by atoms with Crippen LogP contribution in [0.25, 0.3) is 0 Å². The molecule has 0 aliphatic carbocycles. The number of thioether (sulfide) groups is 1. The highest BCUT2D eigenvalue weighted by atomic mass is 32.2. The van der Waals surface area contributed by atoms with Crippen molar-refractivity contribution in [1.82, 2.24) is 0 Å². The Balaban J connectivity index is 1.65. The summed E-state index contributed by atoms with van der Waals surface area (Å²) in [7, 11) is 0. The zero-order valence-corrected chi connectivity index (χ0v) is 18.6. The molecule has 1 unspecified atom stereocenters. The van der Waals surface area contributed by atoms with E-state index in [1.54, 1.807) is 23.1 Å². The summed E-state index contributed by atoms with van der Waals surface area (Å²) in [6, 6.07) is 19.8. The topological polar surface area (TPSA) is 49.4 Å². The van der Waals surface area contributed by atoms with Gasteiger partial charge in [-0.15, -0.1) is 23.1 Å². The number of nitrogens with one attached hydrogen (secondary N) is 1. The first kappa shape index (κ1) is 20.7. The molecule has 1 aromatic heterocycles. The largest absolute Gasteiger partial charge is 0.325 e. The molecule has 4 nitrogen and oxygen atoms in total. The number of carbonyl (C=O) groups is 2. The summed E-state index contributed by atoms with van der Waals surface area (Å²) < 4.78 is 0. The third-order valence-electron chi connectivity index (χ3n) is 5.10. The highest BCUT2D eigenvalue weighted by Gasteiger charge is 2.36. The monoisotopic (exact) mass is 436 g/mol. The van der Waals surface area contributed by atoms with Crippen molar-refractivity contribution in [1.29, 1.82) is 0 Å². The number of anilines is 2. The SMILES string of the molecule is CC(C)c1ccccc1N1C(=O)CSC1c1ccccc1NC(=O)Cc1cccs1. The van der Waals surface area contributed by atoms with Gasteiger partial charge in [-0.25, -0.2) is 0 Å². The number of amides is 2. The normalized spacial score (nSPS) is 16.3. The summed E-state index contributed by atoms with van der Waals surface area (Å²) in [6.45, 7) is 4.28. The average Bonchev–Trinajstić information content (AvgIpc) is 3.38. The van der Waals surface area contributed by atoms with E-state index in [1.165, 1.54) is 0 Å². The third kappa shape index (κ3) is 4.30. The van der Waals surface area contributed by atoms with Crippen molar-refractivity contribution in [2.75, 3.05) is 16.0 Å². The van der Waals surface area contributed by atoms with Gasteiger partial charge in [-0.1, -0.05) is 56.3 Å². The van der Waals surface area contributed by atoms with Crippen LogP contribution in [0.3, 0.4) is 0 Å². The van der Waals surface area contributed by atoms with E-state index in [9.17, 15) is 9.59 Å². The Morgan fingerprint density at radius 3 is 2.63 bits per heavy atom. The predicted octanol–water partition coefficient (Wildman–Crippen LogP) is 5.83. The van der Waals surface area contributed by atoms with Gasteiger partial charge in [0.05, 0.1) is 12.2 Å². The highest BCUT2D eigenvalue weighted by molar-refractivity contribution is 8.00. The van der Waals surface area contributed by atoms with Crippen molar-refractivity contribution in [3.8, 4) is 0 Å². The number of hydrogen-bond acceptors (Lipinski definition) is 4. The number of rotatable bonds is 6. The Morgan fingerprint density at radius 1 is 1.10 bits per heavy atom. The minimum Gasteiger partial charge on any atom is -0.325 e. The van der Waals surface area contributed by atoms with Crippen molar-refractivity contribution in [2.24, 2.45) is 0 Å². The summed E-state index contributed by atoms with van der Waals surface area (Å²) in [4.78, 5) is 28.4. The van der Waals surface area contributed by atoms with Crippen LogP contribution >= 0.6 is 23.1 Å². The van der Waals surface area contributed by atoms with Gasteiger partial charge in [-0.3, -0.25) is 14.5 Å². The molecule has 0 saturated carbocycles. The Morgan fingerprint density at radius 2 is 1.87 bits per heavy atom. The van der Waals surface area contributed by atoms with Gasteiger partial charge >= 0.3 is 0 Å². The van der Waals surface area contributed by atoms with Crippen LogP contribution in [0.15, 0.2) is 66.0 Å². The minimum absolute atomic E-state index is 0.0478.